The van der Waals surface area contributed by atoms with Crippen molar-refractivity contribution in [3.8, 4) is 0 Å². The van der Waals surface area contributed by atoms with E-state index >= 15 is 0 Å². The van der Waals surface area contributed by atoms with E-state index in [1.54, 1.807) is 0 Å². The third-order valence-corrected chi connectivity index (χ3v) is 5.02. The van der Waals surface area contributed by atoms with Crippen molar-refractivity contribution in [2.24, 2.45) is 23.5 Å². The van der Waals surface area contributed by atoms with Crippen LogP contribution in [-0.2, 0) is 0 Å². The Balaban J connectivity index is 1.74. The first-order valence-electron chi connectivity index (χ1n) is 7.61. The van der Waals surface area contributed by atoms with Crippen molar-refractivity contribution in [3.63, 3.8) is 0 Å². The summed E-state index contributed by atoms with van der Waals surface area (Å²) in [6.45, 7) is 4.49. The van der Waals surface area contributed by atoms with Crippen LogP contribution in [0.25, 0.3) is 0 Å². The average molecular weight is 238 g/mol. The fourth-order valence-corrected chi connectivity index (χ4v) is 3.44. The van der Waals surface area contributed by atoms with E-state index in [1.807, 2.05) is 0 Å². The predicted molar refractivity (Wildman–Crippen MR) is 73.9 cm³/mol. The molecule has 0 bridgehead atoms. The lowest BCUT2D eigenvalue weighted by atomic mass is 9.84. The highest BCUT2D eigenvalue weighted by Gasteiger charge is 2.34. The minimum atomic E-state index is 0.630. The SMILES string of the molecule is CC1CC1CN(C)C(CN)CC1CCCCC1. The summed E-state index contributed by atoms with van der Waals surface area (Å²) in [5, 5.41) is 0. The van der Waals surface area contributed by atoms with E-state index in [0.717, 1.165) is 24.3 Å². The summed E-state index contributed by atoms with van der Waals surface area (Å²) in [4.78, 5) is 2.54. The number of likely N-dealkylation sites (N-methyl/N-ethyl adjacent to an activating group) is 1. The molecule has 2 aliphatic rings. The number of nitrogens with zero attached hydrogens (tertiary/aromatic N) is 1. The lowest BCUT2D eigenvalue weighted by Gasteiger charge is -2.32. The van der Waals surface area contributed by atoms with Crippen molar-refractivity contribution in [1.82, 2.24) is 4.90 Å². The van der Waals surface area contributed by atoms with Crippen LogP contribution in [0, 0.1) is 17.8 Å². The lowest BCUT2D eigenvalue weighted by molar-refractivity contribution is 0.183. The fourth-order valence-electron chi connectivity index (χ4n) is 3.44. The van der Waals surface area contributed by atoms with Crippen molar-refractivity contribution in [1.29, 1.82) is 0 Å². The van der Waals surface area contributed by atoms with Gasteiger partial charge in [0.15, 0.2) is 0 Å². The Morgan fingerprint density at radius 2 is 1.88 bits per heavy atom. The van der Waals surface area contributed by atoms with Gasteiger partial charge in [0.05, 0.1) is 0 Å². The molecule has 2 fully saturated rings. The second kappa shape index (κ2) is 6.19. The second-order valence-electron chi connectivity index (χ2n) is 6.54. The molecule has 0 heterocycles. The van der Waals surface area contributed by atoms with Gasteiger partial charge in [0.25, 0.3) is 0 Å². The topological polar surface area (TPSA) is 29.3 Å². The first-order chi connectivity index (χ1) is 8.20. The monoisotopic (exact) mass is 238 g/mol. The zero-order valence-corrected chi connectivity index (χ0v) is 11.7. The molecule has 2 N–H and O–H groups in total. The number of hydrogen-bond acceptors (Lipinski definition) is 2. The second-order valence-corrected chi connectivity index (χ2v) is 6.54. The summed E-state index contributed by atoms with van der Waals surface area (Å²) < 4.78 is 0. The molecule has 17 heavy (non-hydrogen) atoms. The van der Waals surface area contributed by atoms with Crippen molar-refractivity contribution in [2.45, 2.75) is 57.9 Å². The maximum Gasteiger partial charge on any atom is 0.0218 e. The Labute approximate surface area is 107 Å². The molecule has 0 amide bonds. The van der Waals surface area contributed by atoms with E-state index in [-0.39, 0.29) is 0 Å². The molecule has 3 unspecified atom stereocenters. The minimum Gasteiger partial charge on any atom is -0.329 e. The summed E-state index contributed by atoms with van der Waals surface area (Å²) in [5.74, 6) is 2.88. The smallest absolute Gasteiger partial charge is 0.0218 e. The average Bonchev–Trinajstić information content (AvgIpc) is 3.03. The third-order valence-electron chi connectivity index (χ3n) is 5.02. The molecule has 0 aromatic heterocycles. The van der Waals surface area contributed by atoms with Crippen LogP contribution in [0.15, 0.2) is 0 Å². The Kier molecular flexibility index (Phi) is 4.87. The quantitative estimate of drug-likeness (QED) is 0.771. The van der Waals surface area contributed by atoms with Gasteiger partial charge in [0.1, 0.15) is 0 Å². The van der Waals surface area contributed by atoms with Crippen LogP contribution in [0.2, 0.25) is 0 Å². The first-order valence-corrected chi connectivity index (χ1v) is 7.61. The molecule has 0 saturated heterocycles. The van der Waals surface area contributed by atoms with E-state index < -0.39 is 0 Å². The predicted octanol–water partition coefficient (Wildman–Crippen LogP) is 2.87. The lowest BCUT2D eigenvalue weighted by Crippen LogP contribution is -2.40. The van der Waals surface area contributed by atoms with E-state index in [1.165, 1.54) is 51.5 Å². The van der Waals surface area contributed by atoms with Crippen LogP contribution in [-0.4, -0.2) is 31.1 Å². The van der Waals surface area contributed by atoms with Crippen molar-refractivity contribution in [2.75, 3.05) is 20.1 Å². The Bertz CT molecular complexity index is 223. The molecule has 0 spiro atoms. The summed E-state index contributed by atoms with van der Waals surface area (Å²) in [6, 6.07) is 0.630. The molecule has 100 valence electrons. The highest BCUT2D eigenvalue weighted by molar-refractivity contribution is 4.87. The van der Waals surface area contributed by atoms with E-state index in [4.69, 9.17) is 5.73 Å². The molecule has 3 atom stereocenters. The van der Waals surface area contributed by atoms with Crippen LogP contribution in [0.4, 0.5) is 0 Å². The molecule has 0 aliphatic heterocycles. The Hall–Kier alpha value is -0.0800. The summed E-state index contributed by atoms with van der Waals surface area (Å²) in [6.07, 6.45) is 10.0. The summed E-state index contributed by atoms with van der Waals surface area (Å²) >= 11 is 0. The zero-order valence-electron chi connectivity index (χ0n) is 11.7. The van der Waals surface area contributed by atoms with Gasteiger partial charge in [-0.2, -0.15) is 0 Å². The number of rotatable bonds is 6. The maximum atomic E-state index is 5.98. The van der Waals surface area contributed by atoms with Gasteiger partial charge in [-0.15, -0.1) is 0 Å². The van der Waals surface area contributed by atoms with Gasteiger partial charge < -0.3 is 10.6 Å². The van der Waals surface area contributed by atoms with Crippen LogP contribution in [0.5, 0.6) is 0 Å². The standard InChI is InChI=1S/C15H30N2/c1-12-8-14(12)11-17(2)15(10-16)9-13-6-4-3-5-7-13/h12-15H,3-11,16H2,1-2H3. The highest BCUT2D eigenvalue weighted by Crippen LogP contribution is 2.38. The normalized spacial score (nSPS) is 31.8. The summed E-state index contributed by atoms with van der Waals surface area (Å²) in [5.41, 5.74) is 5.98. The van der Waals surface area contributed by atoms with Crippen LogP contribution >= 0.6 is 0 Å². The number of hydrogen-bond donors (Lipinski definition) is 1. The molecule has 2 nitrogen and oxygen atoms in total. The molecule has 2 aliphatic carbocycles. The molecule has 2 rings (SSSR count). The van der Waals surface area contributed by atoms with Gasteiger partial charge in [-0.3, -0.25) is 0 Å². The first kappa shape index (κ1) is 13.4. The van der Waals surface area contributed by atoms with Crippen LogP contribution in [0.3, 0.4) is 0 Å². The van der Waals surface area contributed by atoms with Gasteiger partial charge in [-0.25, -0.2) is 0 Å². The largest absolute Gasteiger partial charge is 0.329 e. The van der Waals surface area contributed by atoms with Crippen molar-refractivity contribution >= 4 is 0 Å². The highest BCUT2D eigenvalue weighted by atomic mass is 15.1. The van der Waals surface area contributed by atoms with Gasteiger partial charge in [-0.05, 0) is 37.6 Å². The summed E-state index contributed by atoms with van der Waals surface area (Å²) in [7, 11) is 2.28. The zero-order chi connectivity index (χ0) is 12.3. The molecule has 0 aromatic rings. The van der Waals surface area contributed by atoms with Gasteiger partial charge in [0, 0.05) is 19.1 Å². The Morgan fingerprint density at radius 3 is 2.41 bits per heavy atom. The van der Waals surface area contributed by atoms with Gasteiger partial charge >= 0.3 is 0 Å². The van der Waals surface area contributed by atoms with E-state index in [2.05, 4.69) is 18.9 Å². The maximum absolute atomic E-state index is 5.98. The van der Waals surface area contributed by atoms with Gasteiger partial charge in [-0.1, -0.05) is 39.0 Å². The van der Waals surface area contributed by atoms with E-state index in [0.29, 0.717) is 6.04 Å². The molecule has 0 aromatic carbocycles. The van der Waals surface area contributed by atoms with Crippen molar-refractivity contribution < 1.29 is 0 Å². The van der Waals surface area contributed by atoms with Crippen molar-refractivity contribution in [3.05, 3.63) is 0 Å². The molecule has 0 radical (unpaired) electrons. The van der Waals surface area contributed by atoms with Crippen LogP contribution < -0.4 is 5.73 Å². The van der Waals surface area contributed by atoms with Gasteiger partial charge in [0.2, 0.25) is 0 Å². The molecular weight excluding hydrogens is 208 g/mol. The third kappa shape index (κ3) is 3.96. The molecule has 2 saturated carbocycles. The molecule has 2 heteroatoms. The fraction of sp³-hybridized carbons (Fsp3) is 1.00. The number of nitrogens with two attached hydrogens (primary N) is 1. The Morgan fingerprint density at radius 1 is 1.24 bits per heavy atom. The minimum absolute atomic E-state index is 0.630. The van der Waals surface area contributed by atoms with Crippen LogP contribution in [0.1, 0.15) is 51.9 Å². The molecular formula is C15H30N2. The van der Waals surface area contributed by atoms with E-state index in [9.17, 15) is 0 Å².